The van der Waals surface area contributed by atoms with Crippen LogP contribution in [0, 0.1) is 10.1 Å². The minimum atomic E-state index is -0.478. The van der Waals surface area contributed by atoms with Gasteiger partial charge < -0.3 is 15.8 Å². The lowest BCUT2D eigenvalue weighted by Gasteiger charge is -2.06. The molecule has 0 saturated heterocycles. The van der Waals surface area contributed by atoms with Gasteiger partial charge in [-0.05, 0) is 24.3 Å². The van der Waals surface area contributed by atoms with E-state index < -0.39 is 4.92 Å². The lowest BCUT2D eigenvalue weighted by Crippen LogP contribution is -2.10. The molecule has 0 bridgehead atoms. The molecular weight excluding hydrogens is 262 g/mol. The van der Waals surface area contributed by atoms with E-state index in [1.165, 1.54) is 10.9 Å². The highest BCUT2D eigenvalue weighted by Gasteiger charge is 2.18. The lowest BCUT2D eigenvalue weighted by atomic mass is 10.3. The number of aryl methyl sites for hydroxylation is 1. The Morgan fingerprint density at radius 1 is 1.45 bits per heavy atom. The molecule has 0 aliphatic carbocycles. The Balaban J connectivity index is 2.12. The Hall–Kier alpha value is -2.61. The summed E-state index contributed by atoms with van der Waals surface area (Å²) in [6.45, 7) is 0.888. The number of nitrogens with one attached hydrogen (secondary N) is 1. The highest BCUT2D eigenvalue weighted by atomic mass is 16.6. The largest absolute Gasteiger partial charge is 0.492 e. The minimum absolute atomic E-state index is 0.0732. The number of rotatable bonds is 6. The zero-order valence-electron chi connectivity index (χ0n) is 10.9. The monoisotopic (exact) mass is 277 g/mol. The van der Waals surface area contributed by atoms with E-state index in [0.29, 0.717) is 24.6 Å². The molecule has 20 heavy (non-hydrogen) atoms. The summed E-state index contributed by atoms with van der Waals surface area (Å²) in [5, 5.41) is 17.8. The van der Waals surface area contributed by atoms with Crippen LogP contribution in [0.3, 0.4) is 0 Å². The Labute approximate surface area is 115 Å². The van der Waals surface area contributed by atoms with E-state index in [1.54, 1.807) is 31.3 Å². The summed E-state index contributed by atoms with van der Waals surface area (Å²) in [5.41, 5.74) is 5.96. The summed E-state index contributed by atoms with van der Waals surface area (Å²) in [6, 6.07) is 7.02. The molecule has 0 radical (unpaired) electrons. The number of aromatic nitrogens is 2. The van der Waals surface area contributed by atoms with Crippen LogP contribution in [0.4, 0.5) is 17.2 Å². The van der Waals surface area contributed by atoms with Gasteiger partial charge in [0.25, 0.3) is 0 Å². The van der Waals surface area contributed by atoms with Crippen LogP contribution in [0.5, 0.6) is 5.75 Å². The second-order valence-corrected chi connectivity index (χ2v) is 4.08. The molecule has 0 amide bonds. The van der Waals surface area contributed by atoms with E-state index >= 15 is 0 Å². The van der Waals surface area contributed by atoms with E-state index in [-0.39, 0.29) is 11.5 Å². The topological polar surface area (TPSA) is 108 Å². The Bertz CT molecular complexity index is 594. The van der Waals surface area contributed by atoms with Crippen LogP contribution in [0.2, 0.25) is 0 Å². The first kappa shape index (κ1) is 13.8. The first-order valence-electron chi connectivity index (χ1n) is 5.98. The fourth-order valence-electron chi connectivity index (χ4n) is 1.65. The standard InChI is InChI=1S/C12H15N5O3/c1-16-8-11(17(18)19)12(15-16)14-9-2-4-10(5-3-9)20-7-6-13/h2-5,8H,6-7,13H2,1H3,(H,14,15). The van der Waals surface area contributed by atoms with Gasteiger partial charge in [0.2, 0.25) is 5.82 Å². The van der Waals surface area contributed by atoms with Crippen LogP contribution < -0.4 is 15.8 Å². The van der Waals surface area contributed by atoms with E-state index in [4.69, 9.17) is 10.5 Å². The first-order valence-corrected chi connectivity index (χ1v) is 5.98. The molecule has 2 aromatic rings. The third-order valence-corrected chi connectivity index (χ3v) is 2.51. The van der Waals surface area contributed by atoms with E-state index in [9.17, 15) is 10.1 Å². The van der Waals surface area contributed by atoms with Crippen molar-refractivity contribution in [3.05, 3.63) is 40.6 Å². The number of anilines is 2. The number of nitrogens with two attached hydrogens (primary N) is 1. The second kappa shape index (κ2) is 6.02. The molecule has 3 N–H and O–H groups in total. The van der Waals surface area contributed by atoms with E-state index in [2.05, 4.69) is 10.4 Å². The Morgan fingerprint density at radius 3 is 2.75 bits per heavy atom. The zero-order chi connectivity index (χ0) is 14.5. The fourth-order valence-corrected chi connectivity index (χ4v) is 1.65. The molecule has 0 atom stereocenters. The average Bonchev–Trinajstić information content (AvgIpc) is 2.79. The van der Waals surface area contributed by atoms with Gasteiger partial charge in [-0.2, -0.15) is 0 Å². The summed E-state index contributed by atoms with van der Waals surface area (Å²) < 4.78 is 6.73. The molecule has 0 aliphatic rings. The van der Waals surface area contributed by atoms with Crippen molar-refractivity contribution in [2.24, 2.45) is 12.8 Å². The Morgan fingerprint density at radius 2 is 2.15 bits per heavy atom. The van der Waals surface area contributed by atoms with Crippen molar-refractivity contribution in [2.75, 3.05) is 18.5 Å². The SMILES string of the molecule is Cn1cc([N+](=O)[O-])c(Nc2ccc(OCCN)cc2)n1. The molecule has 2 rings (SSSR count). The summed E-state index contributed by atoms with van der Waals surface area (Å²) in [7, 11) is 1.63. The second-order valence-electron chi connectivity index (χ2n) is 4.08. The third-order valence-electron chi connectivity index (χ3n) is 2.51. The molecule has 0 spiro atoms. The fraction of sp³-hybridized carbons (Fsp3) is 0.250. The number of nitrogens with zero attached hydrogens (tertiary/aromatic N) is 3. The van der Waals surface area contributed by atoms with Crippen LogP contribution in [0.15, 0.2) is 30.5 Å². The van der Waals surface area contributed by atoms with Gasteiger partial charge in [-0.15, -0.1) is 5.10 Å². The molecule has 8 nitrogen and oxygen atoms in total. The van der Waals surface area contributed by atoms with E-state index in [1.807, 2.05) is 0 Å². The number of hydrogen-bond donors (Lipinski definition) is 2. The van der Waals surface area contributed by atoms with Gasteiger partial charge in [0, 0.05) is 19.3 Å². The lowest BCUT2D eigenvalue weighted by molar-refractivity contribution is -0.384. The van der Waals surface area contributed by atoms with Crippen LogP contribution in [-0.4, -0.2) is 27.9 Å². The van der Waals surface area contributed by atoms with E-state index in [0.717, 1.165) is 0 Å². The number of hydrogen-bond acceptors (Lipinski definition) is 6. The minimum Gasteiger partial charge on any atom is -0.492 e. The average molecular weight is 277 g/mol. The predicted molar refractivity (Wildman–Crippen MR) is 74.1 cm³/mol. The maximum absolute atomic E-state index is 10.9. The van der Waals surface area contributed by atoms with Gasteiger partial charge in [0.15, 0.2) is 0 Å². The quantitative estimate of drug-likeness (QED) is 0.610. The van der Waals surface area contributed by atoms with Gasteiger partial charge in [-0.3, -0.25) is 14.8 Å². The summed E-state index contributed by atoms with van der Waals surface area (Å²) in [4.78, 5) is 10.4. The molecule has 106 valence electrons. The van der Waals surface area contributed by atoms with Crippen LogP contribution in [-0.2, 0) is 7.05 Å². The highest BCUT2D eigenvalue weighted by molar-refractivity contribution is 5.65. The predicted octanol–water partition coefficient (Wildman–Crippen LogP) is 1.41. The molecule has 0 aliphatic heterocycles. The van der Waals surface area contributed by atoms with Crippen LogP contribution >= 0.6 is 0 Å². The van der Waals surface area contributed by atoms with Crippen molar-refractivity contribution in [1.82, 2.24) is 9.78 Å². The van der Waals surface area contributed by atoms with Crippen molar-refractivity contribution in [1.29, 1.82) is 0 Å². The summed E-state index contributed by atoms with van der Waals surface area (Å²) in [6.07, 6.45) is 1.35. The third kappa shape index (κ3) is 3.23. The maximum atomic E-state index is 10.9. The maximum Gasteiger partial charge on any atom is 0.331 e. The van der Waals surface area contributed by atoms with Crippen molar-refractivity contribution < 1.29 is 9.66 Å². The van der Waals surface area contributed by atoms with Gasteiger partial charge in [0.1, 0.15) is 18.6 Å². The van der Waals surface area contributed by atoms with Gasteiger partial charge in [0.05, 0.1) is 4.92 Å². The van der Waals surface area contributed by atoms with Gasteiger partial charge in [-0.25, -0.2) is 0 Å². The van der Waals surface area contributed by atoms with Crippen molar-refractivity contribution in [2.45, 2.75) is 0 Å². The van der Waals surface area contributed by atoms with Crippen LogP contribution in [0.25, 0.3) is 0 Å². The first-order chi connectivity index (χ1) is 9.60. The smallest absolute Gasteiger partial charge is 0.331 e. The number of benzene rings is 1. The molecular formula is C12H15N5O3. The highest BCUT2D eigenvalue weighted by Crippen LogP contribution is 2.26. The van der Waals surface area contributed by atoms with Crippen molar-refractivity contribution in [3.63, 3.8) is 0 Å². The molecule has 0 unspecified atom stereocenters. The summed E-state index contributed by atoms with van der Waals surface area (Å²) in [5.74, 6) is 0.893. The van der Waals surface area contributed by atoms with Gasteiger partial charge >= 0.3 is 5.69 Å². The zero-order valence-corrected chi connectivity index (χ0v) is 10.9. The molecule has 1 aromatic carbocycles. The normalized spacial score (nSPS) is 10.3. The van der Waals surface area contributed by atoms with Crippen molar-refractivity contribution >= 4 is 17.2 Å². The molecule has 0 fully saturated rings. The Kier molecular flexibility index (Phi) is 4.16. The van der Waals surface area contributed by atoms with Gasteiger partial charge in [-0.1, -0.05) is 0 Å². The summed E-state index contributed by atoms with van der Waals surface area (Å²) >= 11 is 0. The van der Waals surface area contributed by atoms with Crippen LogP contribution in [0.1, 0.15) is 0 Å². The molecule has 1 heterocycles. The number of ether oxygens (including phenoxy) is 1. The molecule has 8 heteroatoms. The molecule has 0 saturated carbocycles. The van der Waals surface area contributed by atoms with Crippen molar-refractivity contribution in [3.8, 4) is 5.75 Å². The molecule has 1 aromatic heterocycles. The number of nitro groups is 1.